The van der Waals surface area contributed by atoms with Crippen molar-refractivity contribution in [2.24, 2.45) is 0 Å². The molecule has 8 heteroatoms. The first-order valence-corrected chi connectivity index (χ1v) is 9.45. The number of hydrogen-bond acceptors (Lipinski definition) is 4. The van der Waals surface area contributed by atoms with E-state index in [0.29, 0.717) is 31.2 Å². The number of allylic oxidation sites excluding steroid dienone is 2. The van der Waals surface area contributed by atoms with Crippen LogP contribution in [-0.4, -0.2) is 55.7 Å². The van der Waals surface area contributed by atoms with Gasteiger partial charge in [0.1, 0.15) is 5.56 Å². The SMILES string of the molecule is CN1CCN(C(=O)CC/C=C/CCc2cc3c(c(C(F)(F)F)c2)OCO3)CC1. The number of alkyl halides is 3. The molecule has 2 aliphatic heterocycles. The average Bonchev–Trinajstić information content (AvgIpc) is 3.11. The van der Waals surface area contributed by atoms with Crippen LogP contribution in [-0.2, 0) is 17.4 Å². The minimum atomic E-state index is -4.48. The van der Waals surface area contributed by atoms with E-state index in [2.05, 4.69) is 4.90 Å². The zero-order valence-corrected chi connectivity index (χ0v) is 15.9. The summed E-state index contributed by atoms with van der Waals surface area (Å²) < 4.78 is 49.6. The predicted molar refractivity (Wildman–Crippen MR) is 98.3 cm³/mol. The van der Waals surface area contributed by atoms with Crippen molar-refractivity contribution in [3.63, 3.8) is 0 Å². The van der Waals surface area contributed by atoms with Crippen molar-refractivity contribution in [2.45, 2.75) is 31.9 Å². The minimum Gasteiger partial charge on any atom is -0.454 e. The number of piperazine rings is 1. The summed E-state index contributed by atoms with van der Waals surface area (Å²) in [6, 6.07) is 2.72. The van der Waals surface area contributed by atoms with Crippen LogP contribution in [0.15, 0.2) is 24.3 Å². The standard InChI is InChI=1S/C20H25F3N2O3/c1-24-8-10-25(11-9-24)18(26)7-5-3-2-4-6-15-12-16(20(21,22)23)19-17(13-15)27-14-28-19/h2-3,12-13H,4-11,14H2,1H3/b3-2+. The molecular weight excluding hydrogens is 373 g/mol. The van der Waals surface area contributed by atoms with E-state index < -0.39 is 11.7 Å². The van der Waals surface area contributed by atoms with Gasteiger partial charge in [-0.15, -0.1) is 0 Å². The maximum absolute atomic E-state index is 13.2. The monoisotopic (exact) mass is 398 g/mol. The van der Waals surface area contributed by atoms with Gasteiger partial charge in [-0.3, -0.25) is 4.79 Å². The van der Waals surface area contributed by atoms with Crippen LogP contribution in [0.25, 0.3) is 0 Å². The van der Waals surface area contributed by atoms with Crippen LogP contribution in [0.5, 0.6) is 11.5 Å². The predicted octanol–water partition coefficient (Wildman–Crippen LogP) is 3.48. The number of benzene rings is 1. The first kappa shape index (κ1) is 20.5. The highest BCUT2D eigenvalue weighted by atomic mass is 19.4. The molecule has 0 atom stereocenters. The number of carbonyl (C=O) groups excluding carboxylic acids is 1. The number of fused-ring (bicyclic) bond motifs is 1. The van der Waals surface area contributed by atoms with Crippen LogP contribution >= 0.6 is 0 Å². The number of nitrogens with zero attached hydrogens (tertiary/aromatic N) is 2. The van der Waals surface area contributed by atoms with Crippen LogP contribution in [0.1, 0.15) is 30.4 Å². The highest BCUT2D eigenvalue weighted by molar-refractivity contribution is 5.76. The Morgan fingerprint density at radius 2 is 1.82 bits per heavy atom. The van der Waals surface area contributed by atoms with Gasteiger partial charge in [0.05, 0.1) is 0 Å². The molecule has 0 N–H and O–H groups in total. The van der Waals surface area contributed by atoms with Crippen molar-refractivity contribution in [1.82, 2.24) is 9.80 Å². The molecule has 1 aromatic rings. The van der Waals surface area contributed by atoms with Crippen LogP contribution in [0.3, 0.4) is 0 Å². The van der Waals surface area contributed by atoms with E-state index >= 15 is 0 Å². The molecule has 3 rings (SSSR count). The van der Waals surface area contributed by atoms with Crippen molar-refractivity contribution >= 4 is 5.91 Å². The summed E-state index contributed by atoms with van der Waals surface area (Å²) in [5.41, 5.74) is -0.242. The molecule has 0 unspecified atom stereocenters. The molecule has 0 aromatic heterocycles. The topological polar surface area (TPSA) is 42.0 Å². The van der Waals surface area contributed by atoms with Crippen molar-refractivity contribution < 1.29 is 27.4 Å². The Balaban J connectivity index is 1.45. The van der Waals surface area contributed by atoms with E-state index in [-0.39, 0.29) is 24.2 Å². The second-order valence-electron chi connectivity index (χ2n) is 7.11. The molecule has 5 nitrogen and oxygen atoms in total. The first-order chi connectivity index (χ1) is 13.3. The molecule has 1 aromatic carbocycles. The maximum atomic E-state index is 13.2. The van der Waals surface area contributed by atoms with Crippen molar-refractivity contribution in [1.29, 1.82) is 0 Å². The molecule has 0 saturated carbocycles. The Labute approximate surface area is 162 Å². The van der Waals surface area contributed by atoms with E-state index in [4.69, 9.17) is 9.47 Å². The van der Waals surface area contributed by atoms with Gasteiger partial charge in [0, 0.05) is 32.6 Å². The summed E-state index contributed by atoms with van der Waals surface area (Å²) in [5, 5.41) is 0. The van der Waals surface area contributed by atoms with Gasteiger partial charge in [-0.1, -0.05) is 12.2 Å². The molecule has 2 heterocycles. The van der Waals surface area contributed by atoms with Crippen LogP contribution < -0.4 is 9.47 Å². The Morgan fingerprint density at radius 3 is 2.54 bits per heavy atom. The first-order valence-electron chi connectivity index (χ1n) is 9.45. The van der Waals surface area contributed by atoms with Crippen molar-refractivity contribution in [3.05, 3.63) is 35.4 Å². The summed E-state index contributed by atoms with van der Waals surface area (Å²) in [5.74, 6) is 0.0733. The molecule has 0 aliphatic carbocycles. The molecule has 1 saturated heterocycles. The number of halogens is 3. The maximum Gasteiger partial charge on any atom is 0.420 e. The summed E-state index contributed by atoms with van der Waals surface area (Å²) in [4.78, 5) is 16.2. The zero-order valence-electron chi connectivity index (χ0n) is 15.9. The lowest BCUT2D eigenvalue weighted by Gasteiger charge is -2.32. The number of amides is 1. The van der Waals surface area contributed by atoms with Gasteiger partial charge in [-0.25, -0.2) is 0 Å². The molecule has 0 radical (unpaired) electrons. The van der Waals surface area contributed by atoms with E-state index in [1.54, 1.807) is 6.07 Å². The third-order valence-corrected chi connectivity index (χ3v) is 4.98. The highest BCUT2D eigenvalue weighted by Crippen LogP contribution is 2.45. The van der Waals surface area contributed by atoms with Gasteiger partial charge in [0.25, 0.3) is 0 Å². The summed E-state index contributed by atoms with van der Waals surface area (Å²) >= 11 is 0. The van der Waals surface area contributed by atoms with Crippen molar-refractivity contribution in [2.75, 3.05) is 40.0 Å². The fourth-order valence-corrected chi connectivity index (χ4v) is 3.33. The fraction of sp³-hybridized carbons (Fsp3) is 0.550. The third kappa shape index (κ3) is 5.19. The van der Waals surface area contributed by atoms with E-state index in [1.807, 2.05) is 24.1 Å². The van der Waals surface area contributed by atoms with Gasteiger partial charge in [-0.2, -0.15) is 13.2 Å². The fourth-order valence-electron chi connectivity index (χ4n) is 3.33. The van der Waals surface area contributed by atoms with Gasteiger partial charge in [0.15, 0.2) is 11.5 Å². The number of likely N-dealkylation sites (N-methyl/N-ethyl adjacent to an activating group) is 1. The molecular formula is C20H25F3N2O3. The van der Waals surface area contributed by atoms with E-state index in [1.165, 1.54) is 0 Å². The lowest BCUT2D eigenvalue weighted by Crippen LogP contribution is -2.47. The van der Waals surface area contributed by atoms with E-state index in [9.17, 15) is 18.0 Å². The molecule has 0 bridgehead atoms. The summed E-state index contributed by atoms with van der Waals surface area (Å²) in [6.07, 6.45) is 1.51. The number of hydrogen-bond donors (Lipinski definition) is 0. The number of carbonyl (C=O) groups is 1. The van der Waals surface area contributed by atoms with Gasteiger partial charge in [-0.05, 0) is 44.0 Å². The average molecular weight is 398 g/mol. The molecule has 154 valence electrons. The second kappa shape index (κ2) is 8.86. The molecule has 1 amide bonds. The zero-order chi connectivity index (χ0) is 20.1. The summed E-state index contributed by atoms with van der Waals surface area (Å²) in [6.45, 7) is 3.15. The molecule has 2 aliphatic rings. The quantitative estimate of drug-likeness (QED) is 0.688. The van der Waals surface area contributed by atoms with E-state index in [0.717, 1.165) is 32.2 Å². The second-order valence-corrected chi connectivity index (χ2v) is 7.11. The smallest absolute Gasteiger partial charge is 0.420 e. The lowest BCUT2D eigenvalue weighted by molar-refractivity contribution is -0.138. The third-order valence-electron chi connectivity index (χ3n) is 4.98. The van der Waals surface area contributed by atoms with Crippen molar-refractivity contribution in [3.8, 4) is 11.5 Å². The number of aryl methyl sites for hydroxylation is 1. The number of ether oxygens (including phenoxy) is 2. The normalized spacial score (nSPS) is 17.5. The lowest BCUT2D eigenvalue weighted by atomic mass is 10.0. The molecule has 28 heavy (non-hydrogen) atoms. The Kier molecular flexibility index (Phi) is 6.49. The van der Waals surface area contributed by atoms with Crippen LogP contribution in [0.4, 0.5) is 13.2 Å². The Hall–Kier alpha value is -2.22. The Morgan fingerprint density at radius 1 is 1.11 bits per heavy atom. The molecule has 0 spiro atoms. The van der Waals surface area contributed by atoms with Gasteiger partial charge >= 0.3 is 6.18 Å². The van der Waals surface area contributed by atoms with Crippen LogP contribution in [0, 0.1) is 0 Å². The Bertz CT molecular complexity index is 726. The largest absolute Gasteiger partial charge is 0.454 e. The number of rotatable bonds is 6. The highest BCUT2D eigenvalue weighted by Gasteiger charge is 2.38. The van der Waals surface area contributed by atoms with Gasteiger partial charge in [0.2, 0.25) is 12.7 Å². The van der Waals surface area contributed by atoms with Gasteiger partial charge < -0.3 is 19.3 Å². The summed E-state index contributed by atoms with van der Waals surface area (Å²) in [7, 11) is 2.04. The van der Waals surface area contributed by atoms with Crippen LogP contribution in [0.2, 0.25) is 0 Å². The molecule has 1 fully saturated rings. The minimum absolute atomic E-state index is 0.145.